The van der Waals surface area contributed by atoms with E-state index < -0.39 is 0 Å². The van der Waals surface area contributed by atoms with Crippen LogP contribution in [0.15, 0.2) is 12.3 Å². The van der Waals surface area contributed by atoms with Crippen LogP contribution in [0.4, 0.5) is 0 Å². The Morgan fingerprint density at radius 2 is 2.31 bits per heavy atom. The molecular weight excluding hydrogens is 247 g/mol. The van der Waals surface area contributed by atoms with E-state index in [0.29, 0.717) is 23.1 Å². The van der Waals surface area contributed by atoms with Gasteiger partial charge in [0.05, 0.1) is 21.8 Å². The van der Waals surface area contributed by atoms with E-state index in [4.69, 9.17) is 23.2 Å². The van der Waals surface area contributed by atoms with E-state index in [1.807, 2.05) is 0 Å². The Balaban J connectivity index is 2.02. The third-order valence-electron chi connectivity index (χ3n) is 2.74. The number of hydrogen-bond donors (Lipinski definition) is 1. The Bertz CT molecular complexity index is 373. The molecule has 2 heterocycles. The van der Waals surface area contributed by atoms with Crippen LogP contribution in [0.1, 0.15) is 18.5 Å². The monoisotopic (exact) mass is 260 g/mol. The van der Waals surface area contributed by atoms with E-state index in [9.17, 15) is 5.11 Å². The summed E-state index contributed by atoms with van der Waals surface area (Å²) in [6, 6.07) is 1.70. The van der Waals surface area contributed by atoms with E-state index in [0.717, 1.165) is 25.1 Å². The number of rotatable bonds is 2. The summed E-state index contributed by atoms with van der Waals surface area (Å²) in [6.07, 6.45) is 3.29. The first-order valence-corrected chi connectivity index (χ1v) is 6.11. The first kappa shape index (κ1) is 12.1. The fourth-order valence-corrected chi connectivity index (χ4v) is 2.39. The van der Waals surface area contributed by atoms with Crippen molar-refractivity contribution in [1.82, 2.24) is 9.88 Å². The van der Waals surface area contributed by atoms with E-state index in [2.05, 4.69) is 9.88 Å². The van der Waals surface area contributed by atoms with Gasteiger partial charge < -0.3 is 5.11 Å². The largest absolute Gasteiger partial charge is 0.392 e. The molecule has 0 aliphatic carbocycles. The molecule has 0 spiro atoms. The number of nitrogens with zero attached hydrogens (tertiary/aromatic N) is 2. The average Bonchev–Trinajstić information content (AvgIpc) is 2.22. The van der Waals surface area contributed by atoms with Crippen molar-refractivity contribution in [2.75, 3.05) is 13.1 Å². The molecule has 0 radical (unpaired) electrons. The van der Waals surface area contributed by atoms with Gasteiger partial charge in [-0.25, -0.2) is 0 Å². The van der Waals surface area contributed by atoms with Gasteiger partial charge in [0.1, 0.15) is 0 Å². The van der Waals surface area contributed by atoms with Crippen LogP contribution < -0.4 is 0 Å². The predicted octanol–water partition coefficient (Wildman–Crippen LogP) is 2.35. The van der Waals surface area contributed by atoms with Crippen LogP contribution >= 0.6 is 23.2 Å². The fraction of sp³-hybridized carbons (Fsp3) is 0.545. The van der Waals surface area contributed by atoms with Crippen molar-refractivity contribution in [2.24, 2.45) is 0 Å². The third-order valence-corrected chi connectivity index (χ3v) is 3.27. The lowest BCUT2D eigenvalue weighted by Crippen LogP contribution is -2.37. The highest BCUT2D eigenvalue weighted by molar-refractivity contribution is 6.34. The Labute approximate surface area is 105 Å². The maximum absolute atomic E-state index is 9.55. The quantitative estimate of drug-likeness (QED) is 0.887. The molecule has 0 bridgehead atoms. The van der Waals surface area contributed by atoms with Crippen molar-refractivity contribution in [3.05, 3.63) is 28.0 Å². The van der Waals surface area contributed by atoms with E-state index in [1.165, 1.54) is 0 Å². The highest BCUT2D eigenvalue weighted by Crippen LogP contribution is 2.21. The summed E-state index contributed by atoms with van der Waals surface area (Å²) in [5, 5.41) is 10.7. The molecule has 5 heteroatoms. The molecule has 3 nitrogen and oxygen atoms in total. The number of halogens is 2. The Morgan fingerprint density at radius 3 is 3.00 bits per heavy atom. The molecule has 1 aliphatic rings. The van der Waals surface area contributed by atoms with Crippen LogP contribution in [0.5, 0.6) is 0 Å². The minimum atomic E-state index is -0.222. The third kappa shape index (κ3) is 3.08. The van der Waals surface area contributed by atoms with Crippen molar-refractivity contribution < 1.29 is 5.11 Å². The van der Waals surface area contributed by atoms with E-state index in [1.54, 1.807) is 12.3 Å². The van der Waals surface area contributed by atoms with Gasteiger partial charge in [0.15, 0.2) is 0 Å². The van der Waals surface area contributed by atoms with Gasteiger partial charge in [0, 0.05) is 19.3 Å². The smallest absolute Gasteiger partial charge is 0.0730 e. The molecule has 2 rings (SSSR count). The van der Waals surface area contributed by atoms with Gasteiger partial charge in [-0.15, -0.1) is 0 Å². The summed E-state index contributed by atoms with van der Waals surface area (Å²) >= 11 is 11.8. The van der Waals surface area contributed by atoms with Crippen molar-refractivity contribution in [3.8, 4) is 0 Å². The van der Waals surface area contributed by atoms with Crippen molar-refractivity contribution >= 4 is 23.2 Å². The summed E-state index contributed by atoms with van der Waals surface area (Å²) in [6.45, 7) is 2.35. The molecule has 1 aliphatic heterocycles. The highest BCUT2D eigenvalue weighted by Gasteiger charge is 2.18. The molecule has 0 amide bonds. The average molecular weight is 261 g/mol. The normalized spacial score (nSPS) is 22.3. The van der Waals surface area contributed by atoms with Gasteiger partial charge >= 0.3 is 0 Å². The number of likely N-dealkylation sites (tertiary alicyclic amines) is 1. The Hall–Kier alpha value is -0.350. The van der Waals surface area contributed by atoms with Crippen molar-refractivity contribution in [1.29, 1.82) is 0 Å². The second-order valence-electron chi connectivity index (χ2n) is 4.11. The standard InChI is InChI=1S/C11H14Cl2N2O/c12-8-4-10(13)11(14-5-8)7-15-3-1-2-9(16)6-15/h4-5,9,16H,1-3,6-7H2. The highest BCUT2D eigenvalue weighted by atomic mass is 35.5. The summed E-state index contributed by atoms with van der Waals surface area (Å²) < 4.78 is 0. The van der Waals surface area contributed by atoms with Gasteiger partial charge in [0.25, 0.3) is 0 Å². The fourth-order valence-electron chi connectivity index (χ4n) is 1.95. The molecule has 88 valence electrons. The maximum Gasteiger partial charge on any atom is 0.0730 e. The van der Waals surface area contributed by atoms with Gasteiger partial charge in [-0.1, -0.05) is 23.2 Å². The van der Waals surface area contributed by atoms with Gasteiger partial charge in [-0.3, -0.25) is 9.88 Å². The molecule has 1 fully saturated rings. The summed E-state index contributed by atoms with van der Waals surface area (Å²) in [4.78, 5) is 6.37. The van der Waals surface area contributed by atoms with Crippen LogP contribution in [0.25, 0.3) is 0 Å². The lowest BCUT2D eigenvalue weighted by molar-refractivity contribution is 0.0662. The number of aliphatic hydroxyl groups excluding tert-OH is 1. The minimum absolute atomic E-state index is 0.222. The van der Waals surface area contributed by atoms with Crippen LogP contribution in [-0.2, 0) is 6.54 Å². The zero-order valence-corrected chi connectivity index (χ0v) is 10.4. The number of aromatic nitrogens is 1. The van der Waals surface area contributed by atoms with E-state index >= 15 is 0 Å². The molecule has 1 saturated heterocycles. The summed E-state index contributed by atoms with van der Waals surface area (Å²) in [5.41, 5.74) is 0.820. The second kappa shape index (κ2) is 5.32. The molecule has 0 aromatic carbocycles. The van der Waals surface area contributed by atoms with Crippen LogP contribution in [0, 0.1) is 0 Å². The first-order valence-electron chi connectivity index (χ1n) is 5.35. The molecule has 16 heavy (non-hydrogen) atoms. The number of hydrogen-bond acceptors (Lipinski definition) is 3. The number of pyridine rings is 1. The lowest BCUT2D eigenvalue weighted by Gasteiger charge is -2.29. The Morgan fingerprint density at radius 1 is 1.50 bits per heavy atom. The number of aliphatic hydroxyl groups is 1. The zero-order chi connectivity index (χ0) is 11.5. The molecule has 1 aromatic rings. The summed E-state index contributed by atoms with van der Waals surface area (Å²) in [7, 11) is 0. The zero-order valence-electron chi connectivity index (χ0n) is 8.87. The SMILES string of the molecule is OC1CCCN(Cc2ncc(Cl)cc2Cl)C1. The molecular formula is C11H14Cl2N2O. The van der Waals surface area contributed by atoms with Crippen LogP contribution in [0.2, 0.25) is 10.0 Å². The number of β-amino-alcohol motifs (C(OH)–C–C–N with tert-alkyl or cyclic N) is 1. The summed E-state index contributed by atoms with van der Waals surface area (Å²) in [5.74, 6) is 0. The van der Waals surface area contributed by atoms with Gasteiger partial charge in [0.2, 0.25) is 0 Å². The number of piperidine rings is 1. The van der Waals surface area contributed by atoms with Crippen LogP contribution in [-0.4, -0.2) is 34.2 Å². The van der Waals surface area contributed by atoms with Gasteiger partial charge in [-0.05, 0) is 25.5 Å². The first-order chi connectivity index (χ1) is 7.65. The maximum atomic E-state index is 9.55. The Kier molecular flexibility index (Phi) is 4.03. The lowest BCUT2D eigenvalue weighted by atomic mass is 10.1. The molecule has 1 aromatic heterocycles. The topological polar surface area (TPSA) is 36.4 Å². The predicted molar refractivity (Wildman–Crippen MR) is 64.8 cm³/mol. The molecule has 1 N–H and O–H groups in total. The minimum Gasteiger partial charge on any atom is -0.392 e. The molecule has 0 saturated carbocycles. The van der Waals surface area contributed by atoms with Crippen molar-refractivity contribution in [3.63, 3.8) is 0 Å². The van der Waals surface area contributed by atoms with Crippen LogP contribution in [0.3, 0.4) is 0 Å². The molecule has 1 atom stereocenters. The molecule has 1 unspecified atom stereocenters. The van der Waals surface area contributed by atoms with Crippen molar-refractivity contribution in [2.45, 2.75) is 25.5 Å². The van der Waals surface area contributed by atoms with E-state index in [-0.39, 0.29) is 6.10 Å². The van der Waals surface area contributed by atoms with Gasteiger partial charge in [-0.2, -0.15) is 0 Å². The second-order valence-corrected chi connectivity index (χ2v) is 4.96.